The maximum atomic E-state index is 11.8. The summed E-state index contributed by atoms with van der Waals surface area (Å²) >= 11 is 0. The predicted octanol–water partition coefficient (Wildman–Crippen LogP) is 2.04. The fourth-order valence-electron chi connectivity index (χ4n) is 1.98. The third kappa shape index (κ3) is 9.15. The van der Waals surface area contributed by atoms with Crippen LogP contribution in [0.4, 0.5) is 4.79 Å². The van der Waals surface area contributed by atoms with Gasteiger partial charge in [-0.05, 0) is 39.2 Å². The van der Waals surface area contributed by atoms with Crippen LogP contribution in [0, 0.1) is 0 Å². The van der Waals surface area contributed by atoms with Gasteiger partial charge in [0.1, 0.15) is 12.2 Å². The van der Waals surface area contributed by atoms with E-state index >= 15 is 0 Å². The zero-order valence-corrected chi connectivity index (χ0v) is 14.8. The number of quaternary nitrogens is 1. The Bertz CT molecular complexity index is 512. The van der Waals surface area contributed by atoms with Crippen LogP contribution in [0.25, 0.3) is 0 Å². The first-order valence-electron chi connectivity index (χ1n) is 8.28. The molecule has 1 rings (SSSR count). The lowest BCUT2D eigenvalue weighted by Crippen LogP contribution is -2.65. The third-order valence-electron chi connectivity index (χ3n) is 3.20. The Morgan fingerprint density at radius 2 is 1.83 bits per heavy atom. The van der Waals surface area contributed by atoms with Gasteiger partial charge in [0, 0.05) is 13.0 Å². The molecule has 1 unspecified atom stereocenters. The van der Waals surface area contributed by atoms with Crippen molar-refractivity contribution in [3.63, 3.8) is 0 Å². The Balaban J connectivity index is 2.09. The molecule has 0 bridgehead atoms. The van der Waals surface area contributed by atoms with Gasteiger partial charge in [-0.25, -0.2) is 9.59 Å². The van der Waals surface area contributed by atoms with Gasteiger partial charge >= 0.3 is 12.1 Å². The Kier molecular flexibility index (Phi) is 8.26. The number of unbranched alkanes of at least 4 members (excludes halogenated alkanes) is 1. The zero-order valence-electron chi connectivity index (χ0n) is 14.8. The van der Waals surface area contributed by atoms with Gasteiger partial charge in [-0.3, -0.25) is 0 Å². The molecule has 1 amide bonds. The topological polar surface area (TPSA) is 92.3 Å². The number of ether oxygens (including phenoxy) is 2. The maximum Gasteiger partial charge on any atom is 0.407 e. The lowest BCUT2D eigenvalue weighted by Gasteiger charge is -2.20. The lowest BCUT2D eigenvalue weighted by molar-refractivity contribution is -0.411. The van der Waals surface area contributed by atoms with E-state index in [1.165, 1.54) is 0 Å². The molecule has 1 atom stereocenters. The minimum absolute atomic E-state index is 0.256. The summed E-state index contributed by atoms with van der Waals surface area (Å²) in [7, 11) is 0. The van der Waals surface area contributed by atoms with Gasteiger partial charge in [-0.1, -0.05) is 30.3 Å². The van der Waals surface area contributed by atoms with E-state index in [0.717, 1.165) is 18.4 Å². The number of amides is 1. The van der Waals surface area contributed by atoms with Crippen molar-refractivity contribution in [2.75, 3.05) is 6.54 Å². The number of carbonyl (C=O) groups excluding carboxylic acids is 2. The van der Waals surface area contributed by atoms with E-state index in [2.05, 4.69) is 11.1 Å². The highest BCUT2D eigenvalue weighted by molar-refractivity contribution is 5.74. The number of carbonyl (C=O) groups is 2. The number of alkyl carbamates (subject to hydrolysis) is 1. The largest absolute Gasteiger partial charge is 0.456 e. The number of esters is 1. The minimum atomic E-state index is -0.489. The second-order valence-corrected chi connectivity index (χ2v) is 6.71. The van der Waals surface area contributed by atoms with Crippen molar-refractivity contribution in [3.05, 3.63) is 35.9 Å². The molecule has 0 spiro atoms. The second-order valence-electron chi connectivity index (χ2n) is 6.71. The SMILES string of the molecule is CC(C)(C)OC(=O)C([NH3+])CCCCNC(=O)OCc1ccccc1. The second kappa shape index (κ2) is 9.93. The lowest BCUT2D eigenvalue weighted by atomic mass is 10.1. The molecule has 0 fully saturated rings. The first-order valence-corrected chi connectivity index (χ1v) is 8.28. The van der Waals surface area contributed by atoms with E-state index in [-0.39, 0.29) is 18.6 Å². The highest BCUT2D eigenvalue weighted by Crippen LogP contribution is 2.09. The average molecular weight is 337 g/mol. The Morgan fingerprint density at radius 1 is 1.17 bits per heavy atom. The Morgan fingerprint density at radius 3 is 2.46 bits per heavy atom. The van der Waals surface area contributed by atoms with Crippen LogP contribution in [0.15, 0.2) is 30.3 Å². The number of benzene rings is 1. The fraction of sp³-hybridized carbons (Fsp3) is 0.556. The Hall–Kier alpha value is -2.08. The summed E-state index contributed by atoms with van der Waals surface area (Å²) < 4.78 is 10.4. The van der Waals surface area contributed by atoms with E-state index < -0.39 is 11.7 Å². The third-order valence-corrected chi connectivity index (χ3v) is 3.20. The van der Waals surface area contributed by atoms with Gasteiger partial charge in [-0.15, -0.1) is 0 Å². The van der Waals surface area contributed by atoms with E-state index in [0.29, 0.717) is 13.0 Å². The van der Waals surface area contributed by atoms with Crippen LogP contribution in [-0.2, 0) is 20.9 Å². The molecule has 0 aliphatic rings. The van der Waals surface area contributed by atoms with Crippen molar-refractivity contribution >= 4 is 12.1 Å². The van der Waals surface area contributed by atoms with E-state index in [1.807, 2.05) is 51.1 Å². The first kappa shape index (κ1) is 20.0. The highest BCUT2D eigenvalue weighted by atomic mass is 16.6. The van der Waals surface area contributed by atoms with E-state index in [9.17, 15) is 9.59 Å². The molecule has 1 aromatic carbocycles. The molecule has 24 heavy (non-hydrogen) atoms. The van der Waals surface area contributed by atoms with Crippen molar-refractivity contribution < 1.29 is 24.8 Å². The molecule has 6 heteroatoms. The fourth-order valence-corrected chi connectivity index (χ4v) is 1.98. The summed E-state index contributed by atoms with van der Waals surface area (Å²) in [6, 6.07) is 9.13. The molecule has 0 aliphatic heterocycles. The summed E-state index contributed by atoms with van der Waals surface area (Å²) in [4.78, 5) is 23.3. The zero-order chi connectivity index (χ0) is 18.0. The van der Waals surface area contributed by atoms with Crippen LogP contribution in [0.1, 0.15) is 45.6 Å². The predicted molar refractivity (Wildman–Crippen MR) is 91.0 cm³/mol. The number of hydrogen-bond acceptors (Lipinski definition) is 4. The van der Waals surface area contributed by atoms with Crippen LogP contribution in [0.5, 0.6) is 0 Å². The smallest absolute Gasteiger partial charge is 0.407 e. The summed E-state index contributed by atoms with van der Waals surface area (Å²) in [5.41, 5.74) is 4.29. The van der Waals surface area contributed by atoms with Crippen LogP contribution in [-0.4, -0.2) is 30.3 Å². The average Bonchev–Trinajstić information content (AvgIpc) is 2.51. The van der Waals surface area contributed by atoms with Gasteiger partial charge in [-0.2, -0.15) is 0 Å². The number of rotatable bonds is 8. The van der Waals surface area contributed by atoms with Gasteiger partial charge in [0.15, 0.2) is 6.04 Å². The highest BCUT2D eigenvalue weighted by Gasteiger charge is 2.24. The van der Waals surface area contributed by atoms with E-state index in [4.69, 9.17) is 9.47 Å². The standard InChI is InChI=1S/C18H28N2O4/c1-18(2,3)24-16(21)15(19)11-7-8-12-20-17(22)23-13-14-9-5-4-6-10-14/h4-6,9-10,15H,7-8,11-13,19H2,1-3H3,(H,20,22)/p+1. The van der Waals surface area contributed by atoms with Crippen molar-refractivity contribution in [2.45, 2.75) is 58.3 Å². The van der Waals surface area contributed by atoms with E-state index in [1.54, 1.807) is 0 Å². The molecule has 6 nitrogen and oxygen atoms in total. The molecule has 0 aliphatic carbocycles. The van der Waals surface area contributed by atoms with Gasteiger partial charge in [0.05, 0.1) is 0 Å². The quantitative estimate of drug-likeness (QED) is 0.561. The number of hydrogen-bond donors (Lipinski definition) is 2. The van der Waals surface area contributed by atoms with Crippen molar-refractivity contribution in [2.24, 2.45) is 0 Å². The normalized spacial score (nSPS) is 12.3. The van der Waals surface area contributed by atoms with Crippen LogP contribution < -0.4 is 11.1 Å². The molecule has 0 aromatic heterocycles. The van der Waals surface area contributed by atoms with Gasteiger partial charge in [0.25, 0.3) is 0 Å². The summed E-state index contributed by atoms with van der Waals surface area (Å²) in [5.74, 6) is -0.280. The maximum absolute atomic E-state index is 11.8. The van der Waals surface area contributed by atoms with Crippen molar-refractivity contribution in [3.8, 4) is 0 Å². The molecular weight excluding hydrogens is 308 g/mol. The van der Waals surface area contributed by atoms with Crippen LogP contribution in [0.2, 0.25) is 0 Å². The molecule has 4 N–H and O–H groups in total. The van der Waals surface area contributed by atoms with Gasteiger partial charge < -0.3 is 20.5 Å². The summed E-state index contributed by atoms with van der Waals surface area (Å²) in [5, 5.41) is 2.70. The monoisotopic (exact) mass is 337 g/mol. The van der Waals surface area contributed by atoms with Crippen molar-refractivity contribution in [1.29, 1.82) is 0 Å². The molecule has 0 saturated carbocycles. The van der Waals surface area contributed by atoms with Crippen LogP contribution in [0.3, 0.4) is 0 Å². The number of nitrogens with one attached hydrogen (secondary N) is 1. The molecular formula is C18H29N2O4+. The molecule has 1 aromatic rings. The summed E-state index contributed by atoms with van der Waals surface area (Å²) in [6.45, 7) is 6.27. The first-order chi connectivity index (χ1) is 11.3. The van der Waals surface area contributed by atoms with Crippen molar-refractivity contribution in [1.82, 2.24) is 5.32 Å². The molecule has 0 radical (unpaired) electrons. The molecule has 0 heterocycles. The summed E-state index contributed by atoms with van der Waals surface area (Å²) in [6.07, 6.45) is 1.74. The Labute approximate surface area is 143 Å². The molecule has 0 saturated heterocycles. The molecule has 134 valence electrons. The van der Waals surface area contributed by atoms with Crippen LogP contribution >= 0.6 is 0 Å². The minimum Gasteiger partial charge on any atom is -0.456 e. The van der Waals surface area contributed by atoms with Gasteiger partial charge in [0.2, 0.25) is 0 Å².